The summed E-state index contributed by atoms with van der Waals surface area (Å²) in [7, 11) is 5.27. The largest absolute Gasteiger partial charge is 0.497 e. The van der Waals surface area contributed by atoms with Crippen molar-refractivity contribution >= 4 is 5.91 Å². The summed E-state index contributed by atoms with van der Waals surface area (Å²) in [6.45, 7) is 2.71. The van der Waals surface area contributed by atoms with Crippen molar-refractivity contribution in [2.75, 3.05) is 21.2 Å². The van der Waals surface area contributed by atoms with E-state index in [0.717, 1.165) is 11.4 Å². The van der Waals surface area contributed by atoms with Crippen molar-refractivity contribution in [3.63, 3.8) is 0 Å². The molecule has 0 unspecified atom stereocenters. The number of rotatable bonds is 6. The van der Waals surface area contributed by atoms with Crippen LogP contribution in [0.2, 0.25) is 0 Å². The SMILES string of the molecule is CNC(=O)C[C@@H](C)N(C)Cc1cc(OC)ccn1. The molecule has 5 nitrogen and oxygen atoms in total. The number of carbonyl (C=O) groups excluding carboxylic acids is 1. The molecule has 1 rings (SSSR count). The maximum atomic E-state index is 11.3. The lowest BCUT2D eigenvalue weighted by Crippen LogP contribution is -2.34. The highest BCUT2D eigenvalue weighted by molar-refractivity contribution is 5.76. The Morgan fingerprint density at radius 3 is 2.94 bits per heavy atom. The highest BCUT2D eigenvalue weighted by atomic mass is 16.5. The topological polar surface area (TPSA) is 54.5 Å². The predicted molar refractivity (Wildman–Crippen MR) is 70.4 cm³/mol. The van der Waals surface area contributed by atoms with Gasteiger partial charge in [0.25, 0.3) is 0 Å². The Bertz CT molecular complexity index is 396. The average Bonchev–Trinajstić information content (AvgIpc) is 2.38. The summed E-state index contributed by atoms with van der Waals surface area (Å²) in [6, 6.07) is 3.89. The number of pyridine rings is 1. The van der Waals surface area contributed by atoms with E-state index in [1.165, 1.54) is 0 Å². The Hall–Kier alpha value is -1.62. The fourth-order valence-corrected chi connectivity index (χ4v) is 1.61. The molecule has 0 aliphatic carbocycles. The van der Waals surface area contributed by atoms with Crippen LogP contribution < -0.4 is 10.1 Å². The van der Waals surface area contributed by atoms with Crippen LogP contribution in [0.15, 0.2) is 18.3 Å². The molecule has 0 fully saturated rings. The molecule has 0 bridgehead atoms. The number of nitrogens with zero attached hydrogens (tertiary/aromatic N) is 2. The summed E-state index contributed by atoms with van der Waals surface area (Å²) in [6.07, 6.45) is 2.21. The van der Waals surface area contributed by atoms with Crippen LogP contribution in [-0.2, 0) is 11.3 Å². The molecule has 1 N–H and O–H groups in total. The second-order valence-electron chi connectivity index (χ2n) is 4.33. The number of nitrogens with one attached hydrogen (secondary N) is 1. The van der Waals surface area contributed by atoms with E-state index >= 15 is 0 Å². The highest BCUT2D eigenvalue weighted by Crippen LogP contribution is 2.13. The standard InChI is InChI=1S/C13H21N3O2/c1-10(7-13(17)14-2)16(3)9-11-8-12(18-4)5-6-15-11/h5-6,8,10H,7,9H2,1-4H3,(H,14,17)/t10-/m1/s1. The summed E-state index contributed by atoms with van der Waals surface area (Å²) in [5, 5.41) is 2.63. The van der Waals surface area contributed by atoms with Crippen molar-refractivity contribution in [1.29, 1.82) is 0 Å². The van der Waals surface area contributed by atoms with E-state index in [-0.39, 0.29) is 11.9 Å². The van der Waals surface area contributed by atoms with Gasteiger partial charge in [-0.05, 0) is 20.0 Å². The molecule has 1 aromatic rings. The molecule has 1 amide bonds. The van der Waals surface area contributed by atoms with Crippen LogP contribution in [0.3, 0.4) is 0 Å². The van der Waals surface area contributed by atoms with Gasteiger partial charge in [-0.25, -0.2) is 0 Å². The van der Waals surface area contributed by atoms with Crippen LogP contribution >= 0.6 is 0 Å². The first-order valence-electron chi connectivity index (χ1n) is 5.96. The van der Waals surface area contributed by atoms with Gasteiger partial charge in [0, 0.05) is 38.3 Å². The minimum Gasteiger partial charge on any atom is -0.497 e. The Balaban J connectivity index is 2.57. The normalized spacial score (nSPS) is 12.3. The number of methoxy groups -OCH3 is 1. The van der Waals surface area contributed by atoms with Crippen molar-refractivity contribution in [3.8, 4) is 5.75 Å². The molecule has 1 heterocycles. The molecule has 100 valence electrons. The van der Waals surface area contributed by atoms with Gasteiger partial charge < -0.3 is 10.1 Å². The molecule has 0 saturated heterocycles. The van der Waals surface area contributed by atoms with Gasteiger partial charge in [-0.15, -0.1) is 0 Å². The minimum atomic E-state index is 0.0490. The van der Waals surface area contributed by atoms with Crippen molar-refractivity contribution < 1.29 is 9.53 Å². The van der Waals surface area contributed by atoms with Crippen LogP contribution in [0.5, 0.6) is 5.75 Å². The summed E-state index contributed by atoms with van der Waals surface area (Å²) in [4.78, 5) is 17.7. The monoisotopic (exact) mass is 251 g/mol. The van der Waals surface area contributed by atoms with Crippen LogP contribution in [0.25, 0.3) is 0 Å². The van der Waals surface area contributed by atoms with Gasteiger partial charge in [-0.1, -0.05) is 0 Å². The summed E-state index contributed by atoms with van der Waals surface area (Å²) < 4.78 is 5.16. The van der Waals surface area contributed by atoms with Crippen molar-refractivity contribution in [2.45, 2.75) is 25.9 Å². The van der Waals surface area contributed by atoms with E-state index in [9.17, 15) is 4.79 Å². The molecule has 0 saturated carbocycles. The van der Waals surface area contributed by atoms with E-state index in [2.05, 4.69) is 15.2 Å². The van der Waals surface area contributed by atoms with Crippen molar-refractivity contribution in [2.24, 2.45) is 0 Å². The lowest BCUT2D eigenvalue weighted by Gasteiger charge is -2.23. The zero-order chi connectivity index (χ0) is 13.5. The molecule has 0 radical (unpaired) electrons. The maximum Gasteiger partial charge on any atom is 0.221 e. The molecule has 0 spiro atoms. The first kappa shape index (κ1) is 14.4. The van der Waals surface area contributed by atoms with E-state index < -0.39 is 0 Å². The van der Waals surface area contributed by atoms with Gasteiger partial charge in [0.15, 0.2) is 0 Å². The van der Waals surface area contributed by atoms with Crippen LogP contribution in [0.4, 0.5) is 0 Å². The molecular formula is C13H21N3O2. The molecule has 0 aromatic carbocycles. The Morgan fingerprint density at radius 2 is 2.33 bits per heavy atom. The zero-order valence-electron chi connectivity index (χ0n) is 11.4. The quantitative estimate of drug-likeness (QED) is 0.821. The van der Waals surface area contributed by atoms with Crippen molar-refractivity contribution in [1.82, 2.24) is 15.2 Å². The van der Waals surface area contributed by atoms with Gasteiger partial charge in [-0.2, -0.15) is 0 Å². The predicted octanol–water partition coefficient (Wildman–Crippen LogP) is 1.05. The molecule has 5 heteroatoms. The van der Waals surface area contributed by atoms with Crippen LogP contribution in [-0.4, -0.2) is 43.0 Å². The lowest BCUT2D eigenvalue weighted by atomic mass is 10.2. The summed E-state index contributed by atoms with van der Waals surface area (Å²) >= 11 is 0. The zero-order valence-corrected chi connectivity index (χ0v) is 11.4. The Morgan fingerprint density at radius 1 is 1.61 bits per heavy atom. The second-order valence-corrected chi connectivity index (χ2v) is 4.33. The molecule has 1 atom stereocenters. The summed E-state index contributed by atoms with van der Waals surface area (Å²) in [5.41, 5.74) is 0.931. The minimum absolute atomic E-state index is 0.0490. The first-order valence-corrected chi connectivity index (χ1v) is 5.96. The Labute approximate surface area is 108 Å². The summed E-state index contributed by atoms with van der Waals surface area (Å²) in [5.74, 6) is 0.848. The molecule has 0 aliphatic heterocycles. The number of hydrogen-bond donors (Lipinski definition) is 1. The van der Waals surface area contributed by atoms with E-state index in [0.29, 0.717) is 13.0 Å². The van der Waals surface area contributed by atoms with Gasteiger partial charge >= 0.3 is 0 Å². The van der Waals surface area contributed by atoms with Crippen LogP contribution in [0, 0.1) is 0 Å². The third kappa shape index (κ3) is 4.33. The van der Waals surface area contributed by atoms with Gasteiger partial charge in [0.1, 0.15) is 5.75 Å². The molecule has 18 heavy (non-hydrogen) atoms. The third-order valence-electron chi connectivity index (χ3n) is 2.95. The third-order valence-corrected chi connectivity index (χ3v) is 2.95. The molecule has 0 aliphatic rings. The van der Waals surface area contributed by atoms with Gasteiger partial charge in [0.05, 0.1) is 12.8 Å². The number of ether oxygens (including phenoxy) is 1. The van der Waals surface area contributed by atoms with E-state index in [1.807, 2.05) is 26.1 Å². The smallest absolute Gasteiger partial charge is 0.221 e. The fraction of sp³-hybridized carbons (Fsp3) is 0.538. The Kier molecular flexibility index (Phi) is 5.58. The number of carbonyl (C=O) groups is 1. The second kappa shape index (κ2) is 6.96. The van der Waals surface area contributed by atoms with E-state index in [1.54, 1.807) is 20.4 Å². The molecular weight excluding hydrogens is 230 g/mol. The number of hydrogen-bond acceptors (Lipinski definition) is 4. The van der Waals surface area contributed by atoms with E-state index in [4.69, 9.17) is 4.74 Å². The molecule has 1 aromatic heterocycles. The first-order chi connectivity index (χ1) is 8.56. The maximum absolute atomic E-state index is 11.3. The number of aromatic nitrogens is 1. The van der Waals surface area contributed by atoms with Gasteiger partial charge in [-0.3, -0.25) is 14.7 Å². The van der Waals surface area contributed by atoms with Crippen molar-refractivity contribution in [3.05, 3.63) is 24.0 Å². The van der Waals surface area contributed by atoms with Crippen LogP contribution in [0.1, 0.15) is 19.0 Å². The fourth-order valence-electron chi connectivity index (χ4n) is 1.61. The highest BCUT2D eigenvalue weighted by Gasteiger charge is 2.13. The lowest BCUT2D eigenvalue weighted by molar-refractivity contribution is -0.121. The van der Waals surface area contributed by atoms with Gasteiger partial charge in [0.2, 0.25) is 5.91 Å². The number of amides is 1. The average molecular weight is 251 g/mol.